The molecule has 2 aromatic heterocycles. The lowest BCUT2D eigenvalue weighted by atomic mass is 10.2. The van der Waals surface area contributed by atoms with Crippen molar-refractivity contribution < 1.29 is 4.79 Å². The maximum Gasteiger partial charge on any atom is 0.252 e. The van der Waals surface area contributed by atoms with Crippen molar-refractivity contribution in [1.29, 1.82) is 0 Å². The number of aryl methyl sites for hydroxylation is 1. The second-order valence-corrected chi connectivity index (χ2v) is 4.64. The fourth-order valence-electron chi connectivity index (χ4n) is 1.54. The summed E-state index contributed by atoms with van der Waals surface area (Å²) in [6.45, 7) is 0.555. The van der Waals surface area contributed by atoms with E-state index in [2.05, 4.69) is 31.2 Å². The van der Waals surface area contributed by atoms with E-state index in [1.165, 1.54) is 0 Å². The topological polar surface area (TPSA) is 59.8 Å². The van der Waals surface area contributed by atoms with E-state index in [4.69, 9.17) is 0 Å². The third-order valence-electron chi connectivity index (χ3n) is 2.54. The molecule has 94 valence electrons. The predicted molar refractivity (Wildman–Crippen MR) is 71.2 cm³/mol. The number of halogens is 1. The first-order valence-electron chi connectivity index (χ1n) is 5.53. The lowest BCUT2D eigenvalue weighted by Crippen LogP contribution is -2.26. The van der Waals surface area contributed by atoms with Crippen molar-refractivity contribution >= 4 is 21.8 Å². The third-order valence-corrected chi connectivity index (χ3v) is 3.01. The van der Waals surface area contributed by atoms with Crippen LogP contribution >= 0.6 is 15.9 Å². The van der Waals surface area contributed by atoms with Gasteiger partial charge in [-0.25, -0.2) is 9.97 Å². The Labute approximate surface area is 113 Å². The highest BCUT2D eigenvalue weighted by molar-refractivity contribution is 9.10. The largest absolute Gasteiger partial charge is 0.352 e. The number of carbonyl (C=O) groups excluding carboxylic acids is 1. The number of aromatic nitrogens is 3. The number of pyridine rings is 1. The van der Waals surface area contributed by atoms with E-state index in [1.807, 2.05) is 17.8 Å². The number of hydrogen-bond acceptors (Lipinski definition) is 3. The lowest BCUT2D eigenvalue weighted by molar-refractivity contribution is 0.0953. The molecule has 0 aliphatic carbocycles. The van der Waals surface area contributed by atoms with E-state index >= 15 is 0 Å². The highest BCUT2D eigenvalue weighted by Crippen LogP contribution is 2.06. The summed E-state index contributed by atoms with van der Waals surface area (Å²) in [4.78, 5) is 20.0. The van der Waals surface area contributed by atoms with Crippen molar-refractivity contribution in [2.45, 2.75) is 6.42 Å². The van der Waals surface area contributed by atoms with Crippen LogP contribution in [0.25, 0.3) is 0 Å². The molecule has 0 saturated carbocycles. The molecular formula is C12H13BrN4O. The van der Waals surface area contributed by atoms with Crippen molar-refractivity contribution in [3.8, 4) is 0 Å². The van der Waals surface area contributed by atoms with Gasteiger partial charge in [0.25, 0.3) is 5.91 Å². The van der Waals surface area contributed by atoms with E-state index < -0.39 is 0 Å². The zero-order chi connectivity index (χ0) is 13.0. The maximum atomic E-state index is 11.8. The van der Waals surface area contributed by atoms with Gasteiger partial charge in [-0.2, -0.15) is 0 Å². The number of nitrogens with one attached hydrogen (secondary N) is 1. The molecule has 5 nitrogen and oxygen atoms in total. The van der Waals surface area contributed by atoms with Crippen LogP contribution in [0.2, 0.25) is 0 Å². The van der Waals surface area contributed by atoms with Crippen LogP contribution in [-0.4, -0.2) is 27.0 Å². The number of nitrogens with zero attached hydrogens (tertiary/aromatic N) is 3. The second kappa shape index (κ2) is 5.77. The Bertz CT molecular complexity index is 535. The van der Waals surface area contributed by atoms with Crippen LogP contribution < -0.4 is 5.32 Å². The molecular weight excluding hydrogens is 296 g/mol. The van der Waals surface area contributed by atoms with Gasteiger partial charge in [0.05, 0.1) is 5.56 Å². The summed E-state index contributed by atoms with van der Waals surface area (Å²) in [6, 6.07) is 3.47. The summed E-state index contributed by atoms with van der Waals surface area (Å²) in [5, 5.41) is 2.84. The Kier molecular flexibility index (Phi) is 4.09. The van der Waals surface area contributed by atoms with Crippen LogP contribution in [0.1, 0.15) is 16.2 Å². The van der Waals surface area contributed by atoms with Crippen molar-refractivity contribution in [2.75, 3.05) is 6.54 Å². The van der Waals surface area contributed by atoms with Gasteiger partial charge in [-0.05, 0) is 28.1 Å². The minimum Gasteiger partial charge on any atom is -0.352 e. The van der Waals surface area contributed by atoms with Crippen LogP contribution in [0.15, 0.2) is 35.3 Å². The zero-order valence-corrected chi connectivity index (χ0v) is 11.5. The zero-order valence-electron chi connectivity index (χ0n) is 9.93. The summed E-state index contributed by atoms with van der Waals surface area (Å²) < 4.78 is 2.65. The average molecular weight is 309 g/mol. The Morgan fingerprint density at radius 2 is 2.28 bits per heavy atom. The number of amides is 1. The van der Waals surface area contributed by atoms with Crippen molar-refractivity contribution in [1.82, 2.24) is 19.9 Å². The molecule has 1 N–H and O–H groups in total. The Balaban J connectivity index is 1.85. The summed E-state index contributed by atoms with van der Waals surface area (Å²) in [5.74, 6) is 0.827. The van der Waals surface area contributed by atoms with Crippen LogP contribution in [0, 0.1) is 0 Å². The third kappa shape index (κ3) is 3.16. The van der Waals surface area contributed by atoms with Gasteiger partial charge in [-0.15, -0.1) is 0 Å². The van der Waals surface area contributed by atoms with Gasteiger partial charge in [0, 0.05) is 38.6 Å². The minimum absolute atomic E-state index is 0.121. The Morgan fingerprint density at radius 1 is 1.44 bits per heavy atom. The summed E-state index contributed by atoms with van der Waals surface area (Å²) >= 11 is 3.23. The van der Waals surface area contributed by atoms with Crippen molar-refractivity contribution in [3.63, 3.8) is 0 Å². The molecule has 0 spiro atoms. The molecule has 2 aromatic rings. The standard InChI is InChI=1S/C12H13BrN4O/c1-17-7-6-14-11(17)4-5-15-12(18)9-2-3-10(13)16-8-9/h2-3,6-8H,4-5H2,1H3,(H,15,18). The van der Waals surface area contributed by atoms with Gasteiger partial charge < -0.3 is 9.88 Å². The molecule has 0 unspecified atom stereocenters. The second-order valence-electron chi connectivity index (χ2n) is 3.83. The fourth-order valence-corrected chi connectivity index (χ4v) is 1.77. The highest BCUT2D eigenvalue weighted by Gasteiger charge is 2.06. The molecule has 0 aliphatic heterocycles. The minimum atomic E-state index is -0.121. The fraction of sp³-hybridized carbons (Fsp3) is 0.250. The lowest BCUT2D eigenvalue weighted by Gasteiger charge is -2.05. The van der Waals surface area contributed by atoms with E-state index in [1.54, 1.807) is 24.5 Å². The first kappa shape index (κ1) is 12.8. The van der Waals surface area contributed by atoms with E-state index in [0.29, 0.717) is 23.1 Å². The van der Waals surface area contributed by atoms with E-state index in [-0.39, 0.29) is 5.91 Å². The predicted octanol–water partition coefficient (Wildman–Crippen LogP) is 1.55. The van der Waals surface area contributed by atoms with Crippen LogP contribution in [-0.2, 0) is 13.5 Å². The number of hydrogen-bond donors (Lipinski definition) is 1. The summed E-state index contributed by atoms with van der Waals surface area (Å²) in [5.41, 5.74) is 0.554. The Morgan fingerprint density at radius 3 is 2.89 bits per heavy atom. The maximum absolute atomic E-state index is 11.8. The van der Waals surface area contributed by atoms with Gasteiger partial charge in [0.15, 0.2) is 0 Å². The molecule has 18 heavy (non-hydrogen) atoms. The normalized spacial score (nSPS) is 10.3. The molecule has 0 fully saturated rings. The molecule has 0 aliphatic rings. The average Bonchev–Trinajstić information content (AvgIpc) is 2.76. The first-order chi connectivity index (χ1) is 8.66. The van der Waals surface area contributed by atoms with Gasteiger partial charge in [0.1, 0.15) is 10.4 Å². The molecule has 0 bridgehead atoms. The van der Waals surface area contributed by atoms with Crippen molar-refractivity contribution in [3.05, 3.63) is 46.7 Å². The SMILES string of the molecule is Cn1ccnc1CCNC(=O)c1ccc(Br)nc1. The van der Waals surface area contributed by atoms with E-state index in [0.717, 1.165) is 5.82 Å². The molecule has 0 aromatic carbocycles. The summed E-state index contributed by atoms with van der Waals surface area (Å²) in [6.07, 6.45) is 5.88. The highest BCUT2D eigenvalue weighted by atomic mass is 79.9. The molecule has 2 heterocycles. The quantitative estimate of drug-likeness (QED) is 0.872. The van der Waals surface area contributed by atoms with Crippen LogP contribution in [0.4, 0.5) is 0 Å². The molecule has 2 rings (SSSR count). The molecule has 6 heteroatoms. The first-order valence-corrected chi connectivity index (χ1v) is 6.32. The van der Waals surface area contributed by atoms with Gasteiger partial charge in [-0.3, -0.25) is 4.79 Å². The monoisotopic (exact) mass is 308 g/mol. The van der Waals surface area contributed by atoms with Crippen LogP contribution in [0.5, 0.6) is 0 Å². The van der Waals surface area contributed by atoms with Gasteiger partial charge in [-0.1, -0.05) is 0 Å². The van der Waals surface area contributed by atoms with Crippen LogP contribution in [0.3, 0.4) is 0 Å². The van der Waals surface area contributed by atoms with Gasteiger partial charge >= 0.3 is 0 Å². The number of rotatable bonds is 4. The summed E-state index contributed by atoms with van der Waals surface area (Å²) in [7, 11) is 1.93. The molecule has 1 amide bonds. The molecule has 0 atom stereocenters. The van der Waals surface area contributed by atoms with Crippen molar-refractivity contribution in [2.24, 2.45) is 7.05 Å². The molecule has 0 radical (unpaired) electrons. The molecule has 0 saturated heterocycles. The number of imidazole rings is 1. The Hall–Kier alpha value is -1.69. The van der Waals surface area contributed by atoms with Gasteiger partial charge in [0.2, 0.25) is 0 Å². The number of carbonyl (C=O) groups is 1. The smallest absolute Gasteiger partial charge is 0.252 e. The van der Waals surface area contributed by atoms with E-state index in [9.17, 15) is 4.79 Å².